The highest BCUT2D eigenvalue weighted by Crippen LogP contribution is 2.24. The van der Waals surface area contributed by atoms with Gasteiger partial charge in [0.15, 0.2) is 0 Å². The van der Waals surface area contributed by atoms with E-state index in [0.717, 1.165) is 25.7 Å². The second kappa shape index (κ2) is 7.18. The number of carbonyl (C=O) groups is 1. The maximum absolute atomic E-state index is 12.1. The number of benzene rings is 2. The third-order valence-electron chi connectivity index (χ3n) is 3.90. The van der Waals surface area contributed by atoms with Crippen molar-refractivity contribution >= 4 is 11.6 Å². The van der Waals surface area contributed by atoms with Crippen molar-refractivity contribution in [2.24, 2.45) is 0 Å². The van der Waals surface area contributed by atoms with E-state index in [0.29, 0.717) is 29.6 Å². The molecule has 2 aromatic carbocycles. The standard InChI is InChI=1S/C19H22N2O2/c20-17-11-8-15(19(22)21-16-9-10-16)13-18(17)23-12-4-7-14-5-2-1-3-6-14/h1-3,5-6,8,11,13,16H,4,7,9-10,12,20H2,(H,21,22). The number of amides is 1. The molecular weight excluding hydrogens is 288 g/mol. The van der Waals surface area contributed by atoms with Crippen molar-refractivity contribution in [1.82, 2.24) is 5.32 Å². The summed E-state index contributed by atoms with van der Waals surface area (Å²) < 4.78 is 5.76. The number of ether oxygens (including phenoxy) is 1. The highest BCUT2D eigenvalue weighted by Gasteiger charge is 2.24. The van der Waals surface area contributed by atoms with Gasteiger partial charge < -0.3 is 15.8 Å². The van der Waals surface area contributed by atoms with Gasteiger partial charge >= 0.3 is 0 Å². The molecule has 1 amide bonds. The first kappa shape index (κ1) is 15.4. The minimum absolute atomic E-state index is 0.0540. The van der Waals surface area contributed by atoms with Crippen molar-refractivity contribution in [1.29, 1.82) is 0 Å². The van der Waals surface area contributed by atoms with Crippen LogP contribution in [0.5, 0.6) is 5.75 Å². The fourth-order valence-electron chi connectivity index (χ4n) is 2.40. The van der Waals surface area contributed by atoms with Crippen LogP contribution < -0.4 is 15.8 Å². The number of anilines is 1. The van der Waals surface area contributed by atoms with Gasteiger partial charge in [-0.2, -0.15) is 0 Å². The normalized spacial score (nSPS) is 13.6. The molecule has 0 aromatic heterocycles. The van der Waals surface area contributed by atoms with Gasteiger partial charge in [-0.15, -0.1) is 0 Å². The zero-order valence-electron chi connectivity index (χ0n) is 13.1. The second-order valence-corrected chi connectivity index (χ2v) is 5.94. The Morgan fingerprint density at radius 1 is 1.17 bits per heavy atom. The predicted molar refractivity (Wildman–Crippen MR) is 91.6 cm³/mol. The molecular formula is C19H22N2O2. The fourth-order valence-corrected chi connectivity index (χ4v) is 2.40. The van der Waals surface area contributed by atoms with E-state index in [4.69, 9.17) is 10.5 Å². The Hall–Kier alpha value is -2.49. The molecule has 0 aliphatic heterocycles. The number of rotatable bonds is 7. The molecule has 0 bridgehead atoms. The number of hydrogen-bond acceptors (Lipinski definition) is 3. The van der Waals surface area contributed by atoms with Gasteiger partial charge in [0.1, 0.15) is 5.75 Å². The zero-order chi connectivity index (χ0) is 16.1. The zero-order valence-corrected chi connectivity index (χ0v) is 13.1. The second-order valence-electron chi connectivity index (χ2n) is 5.94. The molecule has 0 atom stereocenters. The first-order chi connectivity index (χ1) is 11.2. The van der Waals surface area contributed by atoms with Crippen LogP contribution in [0, 0.1) is 0 Å². The van der Waals surface area contributed by atoms with E-state index < -0.39 is 0 Å². The lowest BCUT2D eigenvalue weighted by Gasteiger charge is -2.11. The third kappa shape index (κ3) is 4.49. The van der Waals surface area contributed by atoms with Crippen molar-refractivity contribution in [3.63, 3.8) is 0 Å². The molecule has 1 saturated carbocycles. The number of nitrogens with two attached hydrogens (primary N) is 1. The van der Waals surface area contributed by atoms with Gasteiger partial charge in [-0.1, -0.05) is 30.3 Å². The molecule has 1 fully saturated rings. The van der Waals surface area contributed by atoms with E-state index in [1.54, 1.807) is 18.2 Å². The van der Waals surface area contributed by atoms with Crippen LogP contribution in [0.4, 0.5) is 5.69 Å². The van der Waals surface area contributed by atoms with E-state index in [1.807, 2.05) is 18.2 Å². The van der Waals surface area contributed by atoms with Gasteiger partial charge in [-0.25, -0.2) is 0 Å². The van der Waals surface area contributed by atoms with Crippen LogP contribution in [0.1, 0.15) is 35.2 Å². The summed E-state index contributed by atoms with van der Waals surface area (Å²) in [5.41, 5.74) is 8.40. The van der Waals surface area contributed by atoms with Crippen molar-refractivity contribution in [3.05, 3.63) is 59.7 Å². The lowest BCUT2D eigenvalue weighted by atomic mass is 10.1. The molecule has 0 unspecified atom stereocenters. The van der Waals surface area contributed by atoms with Crippen molar-refractivity contribution < 1.29 is 9.53 Å². The molecule has 3 N–H and O–H groups in total. The Labute approximate surface area is 136 Å². The molecule has 0 spiro atoms. The molecule has 120 valence electrons. The van der Waals surface area contributed by atoms with Crippen molar-refractivity contribution in [3.8, 4) is 5.75 Å². The summed E-state index contributed by atoms with van der Waals surface area (Å²) in [6.07, 6.45) is 4.01. The quantitative estimate of drug-likeness (QED) is 0.610. The largest absolute Gasteiger partial charge is 0.491 e. The Kier molecular flexibility index (Phi) is 4.81. The summed E-state index contributed by atoms with van der Waals surface area (Å²) in [4.78, 5) is 12.1. The number of carbonyl (C=O) groups excluding carboxylic acids is 1. The number of aryl methyl sites for hydroxylation is 1. The molecule has 23 heavy (non-hydrogen) atoms. The van der Waals surface area contributed by atoms with E-state index in [9.17, 15) is 4.79 Å². The maximum Gasteiger partial charge on any atom is 0.251 e. The average molecular weight is 310 g/mol. The molecule has 0 radical (unpaired) electrons. The molecule has 1 aliphatic rings. The molecule has 4 heteroatoms. The summed E-state index contributed by atoms with van der Waals surface area (Å²) in [5.74, 6) is 0.531. The maximum atomic E-state index is 12.1. The number of nitrogen functional groups attached to an aromatic ring is 1. The van der Waals surface area contributed by atoms with Gasteiger partial charge in [0.2, 0.25) is 0 Å². The summed E-state index contributed by atoms with van der Waals surface area (Å²) in [7, 11) is 0. The van der Waals surface area contributed by atoms with Gasteiger partial charge in [0.05, 0.1) is 12.3 Å². The molecule has 2 aromatic rings. The van der Waals surface area contributed by atoms with Gasteiger partial charge in [-0.3, -0.25) is 4.79 Å². The summed E-state index contributed by atoms with van der Waals surface area (Å²) >= 11 is 0. The van der Waals surface area contributed by atoms with Crippen LogP contribution >= 0.6 is 0 Å². The molecule has 0 heterocycles. The van der Waals surface area contributed by atoms with Crippen LogP contribution in [0.15, 0.2) is 48.5 Å². The van der Waals surface area contributed by atoms with E-state index >= 15 is 0 Å². The number of hydrogen-bond donors (Lipinski definition) is 2. The van der Waals surface area contributed by atoms with Crippen LogP contribution in [0.25, 0.3) is 0 Å². The molecule has 4 nitrogen and oxygen atoms in total. The average Bonchev–Trinajstić information content (AvgIpc) is 3.38. The minimum atomic E-state index is -0.0540. The topological polar surface area (TPSA) is 64.4 Å². The Balaban J connectivity index is 1.53. The van der Waals surface area contributed by atoms with Crippen LogP contribution in [0.3, 0.4) is 0 Å². The van der Waals surface area contributed by atoms with Crippen molar-refractivity contribution in [2.45, 2.75) is 31.7 Å². The van der Waals surface area contributed by atoms with Crippen molar-refractivity contribution in [2.75, 3.05) is 12.3 Å². The first-order valence-corrected chi connectivity index (χ1v) is 8.09. The SMILES string of the molecule is Nc1ccc(C(=O)NC2CC2)cc1OCCCc1ccccc1. The summed E-state index contributed by atoms with van der Waals surface area (Å²) in [5, 5.41) is 2.97. The monoisotopic (exact) mass is 310 g/mol. The molecule has 3 rings (SSSR count). The minimum Gasteiger partial charge on any atom is -0.491 e. The highest BCUT2D eigenvalue weighted by atomic mass is 16.5. The lowest BCUT2D eigenvalue weighted by Crippen LogP contribution is -2.25. The number of nitrogens with one attached hydrogen (secondary N) is 1. The Morgan fingerprint density at radius 3 is 2.70 bits per heavy atom. The Morgan fingerprint density at radius 2 is 1.96 bits per heavy atom. The van der Waals surface area contributed by atoms with E-state index in [1.165, 1.54) is 5.56 Å². The van der Waals surface area contributed by atoms with Gasteiger partial charge in [-0.05, 0) is 49.4 Å². The van der Waals surface area contributed by atoms with Crippen LogP contribution in [-0.4, -0.2) is 18.6 Å². The Bertz CT molecular complexity index is 666. The third-order valence-corrected chi connectivity index (χ3v) is 3.90. The van der Waals surface area contributed by atoms with Gasteiger partial charge in [0, 0.05) is 11.6 Å². The van der Waals surface area contributed by atoms with Crippen LogP contribution in [-0.2, 0) is 6.42 Å². The smallest absolute Gasteiger partial charge is 0.251 e. The van der Waals surface area contributed by atoms with Gasteiger partial charge in [0.25, 0.3) is 5.91 Å². The summed E-state index contributed by atoms with van der Waals surface area (Å²) in [6, 6.07) is 15.9. The molecule has 0 saturated heterocycles. The predicted octanol–water partition coefficient (Wildman–Crippen LogP) is 3.17. The van der Waals surface area contributed by atoms with Crippen LogP contribution in [0.2, 0.25) is 0 Å². The lowest BCUT2D eigenvalue weighted by molar-refractivity contribution is 0.0950. The van der Waals surface area contributed by atoms with E-state index in [2.05, 4.69) is 17.4 Å². The van der Waals surface area contributed by atoms with E-state index in [-0.39, 0.29) is 5.91 Å². The fraction of sp³-hybridized carbons (Fsp3) is 0.316. The molecule has 1 aliphatic carbocycles. The summed E-state index contributed by atoms with van der Waals surface area (Å²) in [6.45, 7) is 0.576. The first-order valence-electron chi connectivity index (χ1n) is 8.09. The highest BCUT2D eigenvalue weighted by molar-refractivity contribution is 5.95.